The highest BCUT2D eigenvalue weighted by Crippen LogP contribution is 2.19. The van der Waals surface area contributed by atoms with Crippen molar-refractivity contribution in [2.75, 3.05) is 0 Å². The van der Waals surface area contributed by atoms with Gasteiger partial charge in [-0.25, -0.2) is 4.79 Å². The first-order valence-corrected chi connectivity index (χ1v) is 12.4. The molecule has 0 aliphatic carbocycles. The van der Waals surface area contributed by atoms with Gasteiger partial charge in [-0.2, -0.15) is 0 Å². The lowest BCUT2D eigenvalue weighted by Gasteiger charge is -2.27. The van der Waals surface area contributed by atoms with Crippen LogP contribution < -0.4 is 21.7 Å². The van der Waals surface area contributed by atoms with E-state index in [1.807, 2.05) is 38.1 Å². The van der Waals surface area contributed by atoms with E-state index in [0.717, 1.165) is 16.5 Å². The van der Waals surface area contributed by atoms with Gasteiger partial charge in [0.1, 0.15) is 18.1 Å². The molecule has 37 heavy (non-hydrogen) atoms. The zero-order valence-electron chi connectivity index (χ0n) is 21.9. The fourth-order valence-corrected chi connectivity index (χ4v) is 3.91. The Kier molecular flexibility index (Phi) is 10.6. The Morgan fingerprint density at radius 3 is 2.11 bits per heavy atom. The molecule has 1 aromatic heterocycles. The quantitative estimate of drug-likeness (QED) is 0.203. The highest BCUT2D eigenvalue weighted by atomic mass is 16.4. The molecule has 5 unspecified atom stereocenters. The van der Waals surface area contributed by atoms with E-state index >= 15 is 0 Å². The van der Waals surface area contributed by atoms with E-state index in [2.05, 4.69) is 20.9 Å². The van der Waals surface area contributed by atoms with Crippen LogP contribution in [0, 0.1) is 11.8 Å². The summed E-state index contributed by atoms with van der Waals surface area (Å²) in [5, 5.41) is 28.3. The lowest BCUT2D eigenvalue weighted by atomic mass is 10.00. The van der Waals surface area contributed by atoms with Crippen LogP contribution >= 0.6 is 0 Å². The second-order valence-electron chi connectivity index (χ2n) is 10.2. The standard InChI is InChI=1S/C26H39N5O6/c1-13(2)10-19(29-25(35)22(15(5)32)31-24(34)21(27)14(3)4)23(33)30-20(26(36)37)11-16-12-28-18-9-7-6-8-17(16)18/h6-9,12-15,19-22,28,32H,10-11,27H2,1-5H3,(H,29,35)(H,30,33)(H,31,34)(H,36,37). The summed E-state index contributed by atoms with van der Waals surface area (Å²) in [6.07, 6.45) is 0.688. The van der Waals surface area contributed by atoms with Gasteiger partial charge in [-0.05, 0) is 36.8 Å². The zero-order chi connectivity index (χ0) is 27.9. The van der Waals surface area contributed by atoms with Crippen LogP contribution in [0.1, 0.15) is 46.6 Å². The number of carbonyl (C=O) groups is 4. The molecule has 0 saturated heterocycles. The number of H-pyrrole nitrogens is 1. The molecule has 0 fully saturated rings. The van der Waals surface area contributed by atoms with Crippen LogP contribution in [0.3, 0.4) is 0 Å². The van der Waals surface area contributed by atoms with Gasteiger partial charge in [0, 0.05) is 23.5 Å². The molecule has 3 amide bonds. The Morgan fingerprint density at radius 1 is 0.919 bits per heavy atom. The zero-order valence-corrected chi connectivity index (χ0v) is 21.9. The summed E-state index contributed by atoms with van der Waals surface area (Å²) in [6, 6.07) is 2.87. The third kappa shape index (κ3) is 8.29. The SMILES string of the molecule is CC(C)CC(NC(=O)C(NC(=O)C(N)C(C)C)C(C)O)C(=O)NC(Cc1c[nH]c2ccccc12)C(=O)O. The van der Waals surface area contributed by atoms with Gasteiger partial charge >= 0.3 is 5.97 Å². The molecule has 0 aliphatic rings. The van der Waals surface area contributed by atoms with Crippen LogP contribution in [-0.2, 0) is 25.6 Å². The number of carbonyl (C=O) groups excluding carboxylic acids is 3. The molecule has 1 aromatic carbocycles. The van der Waals surface area contributed by atoms with E-state index in [0.29, 0.717) is 0 Å². The van der Waals surface area contributed by atoms with Gasteiger partial charge in [-0.1, -0.05) is 45.9 Å². The Bertz CT molecular complexity index is 1100. The molecule has 0 saturated carbocycles. The van der Waals surface area contributed by atoms with Crippen molar-refractivity contribution in [2.24, 2.45) is 17.6 Å². The number of para-hydroxylation sites is 1. The number of aromatic nitrogens is 1. The third-order valence-corrected chi connectivity index (χ3v) is 6.14. The smallest absolute Gasteiger partial charge is 0.326 e. The number of benzene rings is 1. The number of amides is 3. The van der Waals surface area contributed by atoms with E-state index < -0.39 is 54.0 Å². The van der Waals surface area contributed by atoms with Crippen LogP contribution in [0.25, 0.3) is 10.9 Å². The van der Waals surface area contributed by atoms with Crippen LogP contribution in [0.5, 0.6) is 0 Å². The Balaban J connectivity index is 2.18. The second-order valence-corrected chi connectivity index (χ2v) is 10.2. The van der Waals surface area contributed by atoms with Crippen molar-refractivity contribution >= 4 is 34.6 Å². The topological polar surface area (TPSA) is 187 Å². The number of aliphatic hydroxyl groups is 1. The number of aliphatic carboxylic acids is 1. The fraction of sp³-hybridized carbons (Fsp3) is 0.538. The molecule has 11 nitrogen and oxygen atoms in total. The van der Waals surface area contributed by atoms with Crippen molar-refractivity contribution < 1.29 is 29.4 Å². The predicted molar refractivity (Wildman–Crippen MR) is 139 cm³/mol. The Hall–Kier alpha value is -3.44. The largest absolute Gasteiger partial charge is 0.480 e. The van der Waals surface area contributed by atoms with Crippen molar-refractivity contribution in [3.05, 3.63) is 36.0 Å². The van der Waals surface area contributed by atoms with E-state index in [-0.39, 0.29) is 24.7 Å². The van der Waals surface area contributed by atoms with Gasteiger partial charge in [-0.3, -0.25) is 14.4 Å². The monoisotopic (exact) mass is 517 g/mol. The average Bonchev–Trinajstić information content (AvgIpc) is 3.22. The predicted octanol–water partition coefficient (Wildman–Crippen LogP) is 0.660. The summed E-state index contributed by atoms with van der Waals surface area (Å²) >= 11 is 0. The molecular weight excluding hydrogens is 478 g/mol. The van der Waals surface area contributed by atoms with E-state index in [4.69, 9.17) is 5.73 Å². The van der Waals surface area contributed by atoms with Gasteiger partial charge in [-0.15, -0.1) is 0 Å². The minimum Gasteiger partial charge on any atom is -0.480 e. The van der Waals surface area contributed by atoms with Gasteiger partial charge in [0.05, 0.1) is 12.1 Å². The molecular formula is C26H39N5O6. The summed E-state index contributed by atoms with van der Waals surface area (Å²) in [5.74, 6) is -3.49. The third-order valence-electron chi connectivity index (χ3n) is 6.14. The summed E-state index contributed by atoms with van der Waals surface area (Å²) in [6.45, 7) is 8.54. The van der Waals surface area contributed by atoms with Crippen LogP contribution in [-0.4, -0.2) is 69.2 Å². The molecule has 2 aromatic rings. The lowest BCUT2D eigenvalue weighted by Crippen LogP contribution is -2.60. The van der Waals surface area contributed by atoms with E-state index in [9.17, 15) is 29.4 Å². The number of aromatic amines is 1. The number of nitrogens with two attached hydrogens (primary N) is 1. The van der Waals surface area contributed by atoms with Gasteiger partial charge in [0.25, 0.3) is 0 Å². The maximum Gasteiger partial charge on any atom is 0.326 e. The molecule has 1 heterocycles. The fourth-order valence-electron chi connectivity index (χ4n) is 3.91. The number of rotatable bonds is 13. The average molecular weight is 518 g/mol. The number of aliphatic hydroxyl groups excluding tert-OH is 1. The van der Waals surface area contributed by atoms with Gasteiger partial charge < -0.3 is 36.9 Å². The Labute approximate surface area is 216 Å². The maximum atomic E-state index is 13.2. The molecule has 204 valence electrons. The maximum absolute atomic E-state index is 13.2. The van der Waals surface area contributed by atoms with Crippen LogP contribution in [0.4, 0.5) is 0 Å². The molecule has 0 spiro atoms. The number of carboxylic acid groups (broad SMARTS) is 1. The molecule has 5 atom stereocenters. The molecule has 0 bridgehead atoms. The van der Waals surface area contributed by atoms with Crippen molar-refractivity contribution in [1.82, 2.24) is 20.9 Å². The molecule has 8 N–H and O–H groups in total. The second kappa shape index (κ2) is 13.2. The number of carboxylic acids is 1. The first kappa shape index (κ1) is 29.8. The number of hydrogen-bond donors (Lipinski definition) is 7. The first-order chi connectivity index (χ1) is 17.3. The van der Waals surface area contributed by atoms with E-state index in [1.54, 1.807) is 20.0 Å². The van der Waals surface area contributed by atoms with Crippen LogP contribution in [0.2, 0.25) is 0 Å². The van der Waals surface area contributed by atoms with Crippen molar-refractivity contribution in [3.8, 4) is 0 Å². The number of fused-ring (bicyclic) bond motifs is 1. The number of nitrogens with one attached hydrogen (secondary N) is 4. The van der Waals surface area contributed by atoms with Gasteiger partial charge in [0.2, 0.25) is 17.7 Å². The van der Waals surface area contributed by atoms with Gasteiger partial charge in [0.15, 0.2) is 0 Å². The van der Waals surface area contributed by atoms with E-state index in [1.165, 1.54) is 6.92 Å². The normalized spacial score (nSPS) is 15.6. The molecule has 11 heteroatoms. The minimum absolute atomic E-state index is 0.0260. The molecule has 2 rings (SSSR count). The highest BCUT2D eigenvalue weighted by molar-refractivity contribution is 5.94. The lowest BCUT2D eigenvalue weighted by molar-refractivity contribution is -0.142. The number of hydrogen-bond acceptors (Lipinski definition) is 6. The minimum atomic E-state index is -1.35. The molecule has 0 radical (unpaired) electrons. The summed E-state index contributed by atoms with van der Waals surface area (Å²) in [5.41, 5.74) is 7.43. The van der Waals surface area contributed by atoms with Crippen molar-refractivity contribution in [1.29, 1.82) is 0 Å². The Morgan fingerprint density at radius 2 is 1.54 bits per heavy atom. The summed E-state index contributed by atoms with van der Waals surface area (Å²) in [7, 11) is 0. The first-order valence-electron chi connectivity index (χ1n) is 12.4. The van der Waals surface area contributed by atoms with Crippen LogP contribution in [0.15, 0.2) is 30.5 Å². The molecule has 0 aliphatic heterocycles. The van der Waals surface area contributed by atoms with Crippen molar-refractivity contribution in [2.45, 2.75) is 77.7 Å². The van der Waals surface area contributed by atoms with Crippen molar-refractivity contribution in [3.63, 3.8) is 0 Å². The summed E-state index contributed by atoms with van der Waals surface area (Å²) < 4.78 is 0. The summed E-state index contributed by atoms with van der Waals surface area (Å²) in [4.78, 5) is 53.6. The highest BCUT2D eigenvalue weighted by Gasteiger charge is 2.33.